The van der Waals surface area contributed by atoms with E-state index in [9.17, 15) is 0 Å². The van der Waals surface area contributed by atoms with E-state index in [4.69, 9.17) is 20.9 Å². The lowest BCUT2D eigenvalue weighted by Gasteiger charge is -2.07. The first-order valence-electron chi connectivity index (χ1n) is 7.99. The van der Waals surface area contributed by atoms with Crippen LogP contribution in [0.1, 0.15) is 5.82 Å². The molecular weight excluding hydrogens is 386 g/mol. The van der Waals surface area contributed by atoms with Crippen molar-refractivity contribution in [3.63, 3.8) is 0 Å². The molecule has 0 aliphatic carbocycles. The molecule has 4 aromatic rings. The van der Waals surface area contributed by atoms with Gasteiger partial charge in [-0.15, -0.1) is 10.2 Å². The summed E-state index contributed by atoms with van der Waals surface area (Å²) in [6.07, 6.45) is 1.66. The Morgan fingerprint density at radius 3 is 2.93 bits per heavy atom. The predicted molar refractivity (Wildman–Crippen MR) is 102 cm³/mol. The topological polar surface area (TPSA) is 78.9 Å². The molecule has 27 heavy (non-hydrogen) atoms. The van der Waals surface area contributed by atoms with Crippen LogP contribution in [0, 0.1) is 0 Å². The third-order valence-corrected chi connectivity index (χ3v) is 5.02. The van der Waals surface area contributed by atoms with Gasteiger partial charge in [-0.25, -0.2) is 0 Å². The largest absolute Gasteiger partial charge is 0.497 e. The lowest BCUT2D eigenvalue weighted by atomic mass is 10.2. The van der Waals surface area contributed by atoms with Crippen LogP contribution in [0.2, 0.25) is 5.02 Å². The Morgan fingerprint density at radius 1 is 1.19 bits per heavy atom. The Kier molecular flexibility index (Phi) is 5.08. The normalized spacial score (nSPS) is 10.9. The molecule has 0 atom stereocenters. The molecule has 2 aromatic heterocycles. The molecule has 0 bridgehead atoms. The highest BCUT2D eigenvalue weighted by Crippen LogP contribution is 2.28. The first-order chi connectivity index (χ1) is 13.2. The van der Waals surface area contributed by atoms with Crippen molar-refractivity contribution in [2.24, 2.45) is 0 Å². The first-order valence-corrected chi connectivity index (χ1v) is 9.35. The summed E-state index contributed by atoms with van der Waals surface area (Å²) < 4.78 is 12.5. The lowest BCUT2D eigenvalue weighted by molar-refractivity contribution is 0.414. The van der Waals surface area contributed by atoms with Crippen LogP contribution in [0.4, 0.5) is 0 Å². The maximum Gasteiger partial charge on any atom is 0.259 e. The minimum absolute atomic E-state index is 0.394. The second kappa shape index (κ2) is 7.81. The van der Waals surface area contributed by atoms with Crippen molar-refractivity contribution in [2.45, 2.75) is 10.9 Å². The maximum absolute atomic E-state index is 6.17. The Hall–Kier alpha value is -2.84. The lowest BCUT2D eigenvalue weighted by Crippen LogP contribution is -1.96. The number of ether oxygens (including phenoxy) is 1. The summed E-state index contributed by atoms with van der Waals surface area (Å²) in [5, 5.41) is 13.5. The van der Waals surface area contributed by atoms with E-state index >= 15 is 0 Å². The average Bonchev–Trinajstić information content (AvgIpc) is 3.36. The van der Waals surface area contributed by atoms with Crippen molar-refractivity contribution >= 4 is 23.4 Å². The molecule has 7 nitrogen and oxygen atoms in total. The van der Waals surface area contributed by atoms with Gasteiger partial charge >= 0.3 is 0 Å². The van der Waals surface area contributed by atoms with Crippen LogP contribution in [0.3, 0.4) is 0 Å². The zero-order chi connectivity index (χ0) is 18.6. The van der Waals surface area contributed by atoms with Crippen molar-refractivity contribution in [3.05, 3.63) is 65.7 Å². The van der Waals surface area contributed by atoms with Gasteiger partial charge in [-0.05, 0) is 24.3 Å². The molecule has 0 saturated heterocycles. The number of hydrogen-bond donors (Lipinski definition) is 0. The molecule has 0 spiro atoms. The molecule has 0 saturated carbocycles. The van der Waals surface area contributed by atoms with Crippen LogP contribution in [0.5, 0.6) is 5.75 Å². The van der Waals surface area contributed by atoms with Gasteiger partial charge in [0, 0.05) is 6.07 Å². The molecule has 136 valence electrons. The van der Waals surface area contributed by atoms with E-state index in [1.54, 1.807) is 19.5 Å². The second-order valence-electron chi connectivity index (χ2n) is 5.47. The van der Waals surface area contributed by atoms with Crippen molar-refractivity contribution in [1.82, 2.24) is 24.9 Å². The Bertz CT molecular complexity index is 1070. The Labute approximate surface area is 164 Å². The average molecular weight is 400 g/mol. The van der Waals surface area contributed by atoms with E-state index in [0.29, 0.717) is 33.2 Å². The van der Waals surface area contributed by atoms with Gasteiger partial charge in [0.25, 0.3) is 5.89 Å². The molecular formula is C18H14ClN5O2S. The number of methoxy groups -OCH3 is 1. The van der Waals surface area contributed by atoms with E-state index in [0.717, 1.165) is 11.4 Å². The van der Waals surface area contributed by atoms with Crippen LogP contribution in [0.25, 0.3) is 17.1 Å². The van der Waals surface area contributed by atoms with Gasteiger partial charge in [0.1, 0.15) is 12.1 Å². The van der Waals surface area contributed by atoms with Gasteiger partial charge in [0.2, 0.25) is 0 Å². The van der Waals surface area contributed by atoms with Crippen molar-refractivity contribution in [1.29, 1.82) is 0 Å². The second-order valence-corrected chi connectivity index (χ2v) is 6.82. The van der Waals surface area contributed by atoms with Gasteiger partial charge in [-0.3, -0.25) is 4.57 Å². The fourth-order valence-corrected chi connectivity index (χ4v) is 3.43. The molecule has 0 amide bonds. The van der Waals surface area contributed by atoms with E-state index in [-0.39, 0.29) is 0 Å². The van der Waals surface area contributed by atoms with Gasteiger partial charge in [0.15, 0.2) is 11.0 Å². The highest BCUT2D eigenvalue weighted by atomic mass is 35.5. The Morgan fingerprint density at radius 2 is 2.07 bits per heavy atom. The van der Waals surface area contributed by atoms with Crippen molar-refractivity contribution < 1.29 is 9.26 Å². The van der Waals surface area contributed by atoms with Crippen LogP contribution < -0.4 is 4.74 Å². The molecule has 0 fully saturated rings. The number of halogens is 1. The highest BCUT2D eigenvalue weighted by molar-refractivity contribution is 7.98. The summed E-state index contributed by atoms with van der Waals surface area (Å²) in [6, 6.07) is 15.0. The number of rotatable bonds is 6. The molecule has 0 aliphatic rings. The zero-order valence-electron chi connectivity index (χ0n) is 14.2. The predicted octanol–water partition coefficient (Wildman–Crippen LogP) is 4.27. The molecule has 0 N–H and O–H groups in total. The number of aromatic nitrogens is 5. The van der Waals surface area contributed by atoms with E-state index in [2.05, 4.69) is 20.3 Å². The number of thioether (sulfide) groups is 1. The molecule has 0 aliphatic heterocycles. The first kappa shape index (κ1) is 17.6. The minimum Gasteiger partial charge on any atom is -0.497 e. The number of nitrogens with zero attached hydrogens (tertiary/aromatic N) is 5. The fraction of sp³-hybridized carbons (Fsp3) is 0.111. The monoisotopic (exact) mass is 399 g/mol. The van der Waals surface area contributed by atoms with Gasteiger partial charge in [0.05, 0.1) is 29.1 Å². The molecule has 2 heterocycles. The van der Waals surface area contributed by atoms with Crippen LogP contribution in [0.15, 0.2) is 64.5 Å². The summed E-state index contributed by atoms with van der Waals surface area (Å²) in [6.45, 7) is 0. The van der Waals surface area contributed by atoms with Crippen LogP contribution in [-0.4, -0.2) is 32.0 Å². The third kappa shape index (κ3) is 3.81. The quantitative estimate of drug-likeness (QED) is 0.448. The molecule has 0 unspecified atom stereocenters. The van der Waals surface area contributed by atoms with E-state index < -0.39 is 0 Å². The van der Waals surface area contributed by atoms with Gasteiger partial charge in [-0.1, -0.05) is 46.7 Å². The summed E-state index contributed by atoms with van der Waals surface area (Å²) >= 11 is 7.63. The Balaban J connectivity index is 1.51. The van der Waals surface area contributed by atoms with Gasteiger partial charge < -0.3 is 9.26 Å². The molecule has 0 radical (unpaired) electrons. The SMILES string of the molecule is COc1cccc(-n2cnnc2SCc2noc(-c3ccccc3Cl)n2)c1. The number of hydrogen-bond acceptors (Lipinski definition) is 7. The summed E-state index contributed by atoms with van der Waals surface area (Å²) in [7, 11) is 1.63. The minimum atomic E-state index is 0.394. The van der Waals surface area contributed by atoms with Crippen LogP contribution >= 0.6 is 23.4 Å². The van der Waals surface area contributed by atoms with Gasteiger partial charge in [-0.2, -0.15) is 4.98 Å². The molecule has 2 aromatic carbocycles. The van der Waals surface area contributed by atoms with Crippen LogP contribution in [-0.2, 0) is 5.75 Å². The molecule has 9 heteroatoms. The highest BCUT2D eigenvalue weighted by Gasteiger charge is 2.14. The summed E-state index contributed by atoms with van der Waals surface area (Å²) in [4.78, 5) is 4.41. The smallest absolute Gasteiger partial charge is 0.259 e. The third-order valence-electron chi connectivity index (χ3n) is 3.75. The standard InChI is InChI=1S/C18H14ClN5O2S/c1-25-13-6-4-5-12(9-13)24-11-20-22-18(24)27-10-16-21-17(26-23-16)14-7-2-3-8-15(14)19/h2-9,11H,10H2,1H3. The summed E-state index contributed by atoms with van der Waals surface area (Å²) in [5.41, 5.74) is 1.62. The van der Waals surface area contributed by atoms with Crippen molar-refractivity contribution in [2.75, 3.05) is 7.11 Å². The van der Waals surface area contributed by atoms with E-state index in [1.807, 2.05) is 47.0 Å². The van der Waals surface area contributed by atoms with Crippen molar-refractivity contribution in [3.8, 4) is 22.9 Å². The zero-order valence-corrected chi connectivity index (χ0v) is 15.8. The summed E-state index contributed by atoms with van der Waals surface area (Å²) in [5.74, 6) is 2.19. The maximum atomic E-state index is 6.17. The fourth-order valence-electron chi connectivity index (χ4n) is 2.45. The molecule has 4 rings (SSSR count). The van der Waals surface area contributed by atoms with E-state index in [1.165, 1.54) is 11.8 Å². The number of benzene rings is 2.